The van der Waals surface area contributed by atoms with Crippen LogP contribution in [-0.4, -0.2) is 41.1 Å². The molecule has 31 heavy (non-hydrogen) atoms. The predicted molar refractivity (Wildman–Crippen MR) is 107 cm³/mol. The van der Waals surface area contributed by atoms with Crippen LogP contribution >= 0.6 is 22.9 Å². The van der Waals surface area contributed by atoms with Crippen LogP contribution in [0.5, 0.6) is 0 Å². The molecular formula is C19H19ClF3N3O4S. The Morgan fingerprint density at radius 1 is 1.32 bits per heavy atom. The second-order valence-electron chi connectivity index (χ2n) is 7.37. The van der Waals surface area contributed by atoms with E-state index in [1.165, 1.54) is 12.1 Å². The largest absolute Gasteiger partial charge is 0.417 e. The lowest BCUT2D eigenvalue weighted by atomic mass is 10.1. The third-order valence-corrected chi connectivity index (χ3v) is 5.83. The molecule has 2 saturated heterocycles. The first-order chi connectivity index (χ1) is 14.6. The van der Waals surface area contributed by atoms with Gasteiger partial charge < -0.3 is 24.3 Å². The smallest absolute Gasteiger partial charge is 0.368 e. The SMILES string of the molecule is C=CCO[C@@H]1[C@H]2OC(C)(C)O[C@H]2O[C@@H]1c1nnc(Nc2ccc(Cl)c(C(F)(F)F)c2)s1. The fourth-order valence-electron chi connectivity index (χ4n) is 3.38. The van der Waals surface area contributed by atoms with E-state index in [1.807, 2.05) is 0 Å². The van der Waals surface area contributed by atoms with Crippen molar-refractivity contribution >= 4 is 33.8 Å². The zero-order chi connectivity index (χ0) is 22.4. The molecule has 2 fully saturated rings. The summed E-state index contributed by atoms with van der Waals surface area (Å²) in [4.78, 5) is 0. The van der Waals surface area contributed by atoms with E-state index in [4.69, 9.17) is 30.5 Å². The van der Waals surface area contributed by atoms with Gasteiger partial charge in [-0.2, -0.15) is 13.2 Å². The van der Waals surface area contributed by atoms with Crippen molar-refractivity contribution in [1.82, 2.24) is 10.2 Å². The summed E-state index contributed by atoms with van der Waals surface area (Å²) in [5.41, 5.74) is -0.762. The van der Waals surface area contributed by atoms with Crippen molar-refractivity contribution in [3.05, 3.63) is 46.4 Å². The van der Waals surface area contributed by atoms with Crippen LogP contribution in [0.4, 0.5) is 24.0 Å². The van der Waals surface area contributed by atoms with E-state index in [2.05, 4.69) is 22.1 Å². The lowest BCUT2D eigenvalue weighted by Crippen LogP contribution is -2.33. The van der Waals surface area contributed by atoms with Gasteiger partial charge in [0.1, 0.15) is 18.3 Å². The first-order valence-electron chi connectivity index (χ1n) is 9.28. The van der Waals surface area contributed by atoms with E-state index < -0.39 is 42.1 Å². The molecule has 3 heterocycles. The van der Waals surface area contributed by atoms with Gasteiger partial charge in [-0.3, -0.25) is 0 Å². The molecule has 12 heteroatoms. The normalized spacial score (nSPS) is 27.3. The highest BCUT2D eigenvalue weighted by molar-refractivity contribution is 7.15. The number of hydrogen-bond acceptors (Lipinski definition) is 8. The van der Waals surface area contributed by atoms with Crippen LogP contribution in [0.1, 0.15) is 30.5 Å². The maximum absolute atomic E-state index is 13.1. The van der Waals surface area contributed by atoms with Gasteiger partial charge in [-0.15, -0.1) is 16.8 Å². The Morgan fingerprint density at radius 3 is 2.81 bits per heavy atom. The third kappa shape index (κ3) is 4.71. The van der Waals surface area contributed by atoms with Gasteiger partial charge in [0.05, 0.1) is 17.2 Å². The molecule has 0 amide bonds. The summed E-state index contributed by atoms with van der Waals surface area (Å²) < 4.78 is 62.8. The van der Waals surface area contributed by atoms with E-state index in [0.717, 1.165) is 17.4 Å². The minimum absolute atomic E-state index is 0.177. The van der Waals surface area contributed by atoms with E-state index in [1.54, 1.807) is 19.9 Å². The molecule has 0 radical (unpaired) electrons. The highest BCUT2D eigenvalue weighted by Gasteiger charge is 2.56. The van der Waals surface area contributed by atoms with Gasteiger partial charge in [-0.1, -0.05) is 29.0 Å². The number of alkyl halides is 3. The van der Waals surface area contributed by atoms with Gasteiger partial charge in [-0.25, -0.2) is 0 Å². The molecule has 1 aromatic heterocycles. The minimum atomic E-state index is -4.57. The van der Waals surface area contributed by atoms with Crippen LogP contribution in [0.25, 0.3) is 0 Å². The molecule has 2 aromatic rings. The van der Waals surface area contributed by atoms with Crippen molar-refractivity contribution < 1.29 is 32.1 Å². The molecule has 0 bridgehead atoms. The molecule has 4 atom stereocenters. The van der Waals surface area contributed by atoms with Crippen molar-refractivity contribution in [2.45, 2.75) is 50.4 Å². The van der Waals surface area contributed by atoms with Crippen LogP contribution in [0, 0.1) is 0 Å². The number of halogens is 4. The van der Waals surface area contributed by atoms with E-state index in [-0.39, 0.29) is 22.4 Å². The maximum atomic E-state index is 13.1. The fourth-order valence-corrected chi connectivity index (χ4v) is 4.44. The summed E-state index contributed by atoms with van der Waals surface area (Å²) in [6.45, 7) is 7.48. The van der Waals surface area contributed by atoms with E-state index >= 15 is 0 Å². The van der Waals surface area contributed by atoms with Gasteiger partial charge in [0.2, 0.25) is 5.13 Å². The molecule has 4 rings (SSSR count). The van der Waals surface area contributed by atoms with Crippen LogP contribution in [0.15, 0.2) is 30.9 Å². The first-order valence-corrected chi connectivity index (χ1v) is 10.5. The summed E-state index contributed by atoms with van der Waals surface area (Å²) in [6, 6.07) is 3.51. The molecule has 2 aliphatic heterocycles. The number of anilines is 2. The number of rotatable bonds is 6. The number of nitrogens with one attached hydrogen (secondary N) is 1. The molecule has 2 aliphatic rings. The Balaban J connectivity index is 1.53. The summed E-state index contributed by atoms with van der Waals surface area (Å²) >= 11 is 6.79. The van der Waals surface area contributed by atoms with Gasteiger partial charge in [0.15, 0.2) is 17.1 Å². The zero-order valence-electron chi connectivity index (χ0n) is 16.5. The van der Waals surface area contributed by atoms with Crippen molar-refractivity contribution in [2.24, 2.45) is 0 Å². The Kier molecular flexibility index (Phi) is 6.01. The standard InChI is InChI=1S/C19H19ClF3N3O4S/c1-4-7-27-12-13(28-16-14(12)29-18(2,3)30-16)15-25-26-17(31-15)24-9-5-6-11(20)10(8-9)19(21,22)23/h4-6,8,12-14,16H,1,7H2,2-3H3,(H,24,26)/t12-,13-,14+,16+/m0/s1. The van der Waals surface area contributed by atoms with Crippen LogP contribution < -0.4 is 5.32 Å². The molecule has 0 spiro atoms. The third-order valence-electron chi connectivity index (χ3n) is 4.60. The molecule has 0 unspecified atom stereocenters. The first kappa shape index (κ1) is 22.4. The fraction of sp³-hybridized carbons (Fsp3) is 0.474. The Hall–Kier alpha value is -1.76. The average Bonchev–Trinajstić information content (AvgIpc) is 3.33. The molecule has 7 nitrogen and oxygen atoms in total. The van der Waals surface area contributed by atoms with Gasteiger partial charge >= 0.3 is 6.18 Å². The average molecular weight is 478 g/mol. The maximum Gasteiger partial charge on any atom is 0.417 e. The van der Waals surface area contributed by atoms with Gasteiger partial charge in [0.25, 0.3) is 0 Å². The Morgan fingerprint density at radius 2 is 2.10 bits per heavy atom. The second kappa shape index (κ2) is 8.30. The molecule has 0 aliphatic carbocycles. The predicted octanol–water partition coefficient (Wildman–Crippen LogP) is 5.07. The molecule has 1 N–H and O–H groups in total. The highest BCUT2D eigenvalue weighted by atomic mass is 35.5. The second-order valence-corrected chi connectivity index (χ2v) is 8.79. The Labute approximate surface area is 185 Å². The number of aromatic nitrogens is 2. The Bertz CT molecular complexity index is 971. The number of fused-ring (bicyclic) bond motifs is 1. The van der Waals surface area contributed by atoms with Crippen molar-refractivity contribution in [3.63, 3.8) is 0 Å². The summed E-state index contributed by atoms with van der Waals surface area (Å²) in [6.07, 6.45) is -5.20. The van der Waals surface area contributed by atoms with Crippen LogP contribution in [0.2, 0.25) is 5.02 Å². The number of benzene rings is 1. The summed E-state index contributed by atoms with van der Waals surface area (Å²) in [5.74, 6) is -0.811. The van der Waals surface area contributed by atoms with Gasteiger partial charge in [-0.05, 0) is 32.0 Å². The van der Waals surface area contributed by atoms with Crippen molar-refractivity contribution in [2.75, 3.05) is 11.9 Å². The van der Waals surface area contributed by atoms with Crippen LogP contribution in [-0.2, 0) is 25.1 Å². The number of ether oxygens (including phenoxy) is 4. The van der Waals surface area contributed by atoms with E-state index in [9.17, 15) is 13.2 Å². The van der Waals surface area contributed by atoms with Crippen molar-refractivity contribution in [1.29, 1.82) is 0 Å². The minimum Gasteiger partial charge on any atom is -0.368 e. The molecule has 168 valence electrons. The molecule has 1 aromatic carbocycles. The topological polar surface area (TPSA) is 74.7 Å². The zero-order valence-corrected chi connectivity index (χ0v) is 18.1. The number of hydrogen-bond donors (Lipinski definition) is 1. The lowest BCUT2D eigenvalue weighted by molar-refractivity contribution is -0.218. The quantitative estimate of drug-likeness (QED) is 0.582. The lowest BCUT2D eigenvalue weighted by Gasteiger charge is -2.24. The van der Waals surface area contributed by atoms with Gasteiger partial charge in [0, 0.05) is 5.69 Å². The molecule has 0 saturated carbocycles. The van der Waals surface area contributed by atoms with Crippen LogP contribution in [0.3, 0.4) is 0 Å². The summed E-state index contributed by atoms with van der Waals surface area (Å²) in [7, 11) is 0. The monoisotopic (exact) mass is 477 g/mol. The number of nitrogens with zero attached hydrogens (tertiary/aromatic N) is 2. The molecular weight excluding hydrogens is 459 g/mol. The summed E-state index contributed by atoms with van der Waals surface area (Å²) in [5, 5.41) is 11.3. The van der Waals surface area contributed by atoms with E-state index in [0.29, 0.717) is 5.01 Å². The van der Waals surface area contributed by atoms with Crippen molar-refractivity contribution in [3.8, 4) is 0 Å². The highest BCUT2D eigenvalue weighted by Crippen LogP contribution is 2.46.